The largest absolute Gasteiger partial charge is 0.511 e. The van der Waals surface area contributed by atoms with Gasteiger partial charge in [-0.25, -0.2) is 4.79 Å². The minimum atomic E-state index is -1.33. The zero-order valence-corrected chi connectivity index (χ0v) is 20.8. The fourth-order valence-electron chi connectivity index (χ4n) is 6.73. The minimum Gasteiger partial charge on any atom is -0.511 e. The number of thioether (sulfide) groups is 1. The normalized spacial score (nSPS) is 44.2. The number of carbonyl (C=O) groups is 2. The Balaban J connectivity index is 1.77. The first-order chi connectivity index (χ1) is 15.7. The standard InChI is InChI=1S/C26H29ClO5S/c1-13-5-10-18-23(33-17-8-6-16(27)7-9-17)19-21(28)14(2)11-15(3)22(29)20-24(30)32-25(18,12-13)26(19,20)31-4/h5-10,13-15,18-19,23,29H,11-12H2,1-4H3/b22-20+/t13-,14-,15+,18-,19-,23+,25+,26-/m0/s1. The molecule has 1 N–H and O–H groups in total. The van der Waals surface area contributed by atoms with Crippen molar-refractivity contribution in [3.8, 4) is 0 Å². The molecule has 1 spiro atoms. The number of benzene rings is 1. The van der Waals surface area contributed by atoms with Crippen molar-refractivity contribution in [3.05, 3.63) is 52.8 Å². The predicted molar refractivity (Wildman–Crippen MR) is 127 cm³/mol. The van der Waals surface area contributed by atoms with Gasteiger partial charge in [-0.1, -0.05) is 44.5 Å². The zero-order valence-electron chi connectivity index (χ0n) is 19.2. The van der Waals surface area contributed by atoms with Gasteiger partial charge >= 0.3 is 5.97 Å². The van der Waals surface area contributed by atoms with Gasteiger partial charge in [0.1, 0.15) is 17.1 Å². The molecule has 7 heteroatoms. The smallest absolute Gasteiger partial charge is 0.341 e. The Morgan fingerprint density at radius 2 is 1.82 bits per heavy atom. The van der Waals surface area contributed by atoms with Crippen LogP contribution in [-0.2, 0) is 19.1 Å². The molecule has 3 aliphatic carbocycles. The summed E-state index contributed by atoms with van der Waals surface area (Å²) in [5, 5.41) is 11.7. The molecule has 1 saturated carbocycles. The van der Waals surface area contributed by atoms with Crippen LogP contribution in [0.4, 0.5) is 0 Å². The number of carbonyl (C=O) groups excluding carboxylic acids is 2. The second kappa shape index (κ2) is 7.89. The van der Waals surface area contributed by atoms with Crippen molar-refractivity contribution in [2.75, 3.05) is 7.11 Å². The van der Waals surface area contributed by atoms with Gasteiger partial charge in [-0.05, 0) is 43.0 Å². The molecule has 33 heavy (non-hydrogen) atoms. The van der Waals surface area contributed by atoms with Crippen molar-refractivity contribution in [1.82, 2.24) is 0 Å². The van der Waals surface area contributed by atoms with Gasteiger partial charge in [0.2, 0.25) is 0 Å². The van der Waals surface area contributed by atoms with E-state index in [2.05, 4.69) is 19.1 Å². The van der Waals surface area contributed by atoms with Gasteiger partial charge in [-0.15, -0.1) is 11.8 Å². The van der Waals surface area contributed by atoms with Gasteiger partial charge in [0.05, 0.1) is 5.92 Å². The van der Waals surface area contributed by atoms with Crippen LogP contribution in [0.25, 0.3) is 0 Å². The number of allylic oxidation sites excluding steroid dienone is 2. The fourth-order valence-corrected chi connectivity index (χ4v) is 8.38. The Hall–Kier alpha value is -1.76. The fraction of sp³-hybridized carbons (Fsp3) is 0.538. The Labute approximate surface area is 203 Å². The Morgan fingerprint density at radius 3 is 2.48 bits per heavy atom. The van der Waals surface area contributed by atoms with Crippen molar-refractivity contribution in [1.29, 1.82) is 0 Å². The van der Waals surface area contributed by atoms with E-state index in [-0.39, 0.29) is 46.0 Å². The summed E-state index contributed by atoms with van der Waals surface area (Å²) >= 11 is 7.70. The van der Waals surface area contributed by atoms with Crippen LogP contribution in [0, 0.1) is 29.6 Å². The Bertz CT molecular complexity index is 1060. The molecule has 0 aromatic heterocycles. The van der Waals surface area contributed by atoms with E-state index in [0.717, 1.165) is 4.90 Å². The van der Waals surface area contributed by atoms with Crippen LogP contribution in [0.2, 0.25) is 5.02 Å². The van der Waals surface area contributed by atoms with Gasteiger partial charge < -0.3 is 14.6 Å². The number of ether oxygens (including phenoxy) is 2. The number of esters is 1. The van der Waals surface area contributed by atoms with Gasteiger partial charge in [-0.2, -0.15) is 0 Å². The molecular weight excluding hydrogens is 460 g/mol. The summed E-state index contributed by atoms with van der Waals surface area (Å²) in [6.07, 6.45) is 5.25. The summed E-state index contributed by atoms with van der Waals surface area (Å²) in [6.45, 7) is 5.84. The van der Waals surface area contributed by atoms with Crippen molar-refractivity contribution >= 4 is 35.1 Å². The van der Waals surface area contributed by atoms with E-state index in [1.807, 2.05) is 38.1 Å². The first-order valence-electron chi connectivity index (χ1n) is 11.5. The molecule has 2 fully saturated rings. The molecule has 176 valence electrons. The molecule has 8 atom stereocenters. The lowest BCUT2D eigenvalue weighted by molar-refractivity contribution is -0.173. The lowest BCUT2D eigenvalue weighted by Gasteiger charge is -2.45. The van der Waals surface area contributed by atoms with Gasteiger partial charge in [-0.3, -0.25) is 4.79 Å². The number of rotatable bonds is 3. The van der Waals surface area contributed by atoms with E-state index in [1.165, 1.54) is 0 Å². The highest BCUT2D eigenvalue weighted by Gasteiger charge is 2.80. The lowest BCUT2D eigenvalue weighted by Crippen LogP contribution is -2.58. The van der Waals surface area contributed by atoms with Crippen molar-refractivity contribution < 1.29 is 24.2 Å². The topological polar surface area (TPSA) is 72.8 Å². The summed E-state index contributed by atoms with van der Waals surface area (Å²) in [6, 6.07) is 7.56. The molecule has 0 radical (unpaired) electrons. The summed E-state index contributed by atoms with van der Waals surface area (Å²) < 4.78 is 12.5. The van der Waals surface area contributed by atoms with E-state index in [0.29, 0.717) is 17.9 Å². The number of ketones is 1. The second-order valence-electron chi connectivity index (χ2n) is 10.0. The van der Waals surface area contributed by atoms with E-state index in [4.69, 9.17) is 21.1 Å². The van der Waals surface area contributed by atoms with E-state index < -0.39 is 23.1 Å². The quantitative estimate of drug-likeness (QED) is 0.455. The number of halogens is 1. The number of methoxy groups -OCH3 is 1. The highest BCUT2D eigenvalue weighted by atomic mass is 35.5. The van der Waals surface area contributed by atoms with Crippen LogP contribution >= 0.6 is 23.4 Å². The molecule has 1 saturated heterocycles. The Kier molecular flexibility index (Phi) is 5.50. The maximum Gasteiger partial charge on any atom is 0.341 e. The summed E-state index contributed by atoms with van der Waals surface area (Å²) in [5.74, 6) is -1.87. The third-order valence-corrected chi connectivity index (χ3v) is 9.67. The number of aliphatic hydroxyl groups is 1. The SMILES string of the molecule is CO[C@]12/C3=C(/O)[C@H](C)C[C@H](C)C(=O)[C@H]1[C@H](Sc1ccc(Cl)cc1)[C@@H]1C=C[C@H](C)C[C@@]12OC3=O. The van der Waals surface area contributed by atoms with Crippen LogP contribution in [0.1, 0.15) is 33.6 Å². The predicted octanol–water partition coefficient (Wildman–Crippen LogP) is 5.38. The minimum absolute atomic E-state index is 0.00109. The van der Waals surface area contributed by atoms with Gasteiger partial charge in [0, 0.05) is 40.0 Å². The van der Waals surface area contributed by atoms with Crippen LogP contribution in [0.15, 0.2) is 52.6 Å². The van der Waals surface area contributed by atoms with Crippen LogP contribution in [0.5, 0.6) is 0 Å². The van der Waals surface area contributed by atoms with Crippen LogP contribution in [-0.4, -0.2) is 40.4 Å². The third-order valence-electron chi connectivity index (χ3n) is 8.04. The zero-order chi connectivity index (χ0) is 23.7. The molecule has 5 rings (SSSR count). The summed E-state index contributed by atoms with van der Waals surface area (Å²) in [4.78, 5) is 28.4. The monoisotopic (exact) mass is 488 g/mol. The molecule has 1 aromatic carbocycles. The van der Waals surface area contributed by atoms with Crippen LogP contribution < -0.4 is 0 Å². The van der Waals surface area contributed by atoms with Gasteiger partial charge in [0.25, 0.3) is 0 Å². The molecule has 0 unspecified atom stereocenters. The molecule has 4 aliphatic rings. The second-order valence-corrected chi connectivity index (χ2v) is 11.7. The Morgan fingerprint density at radius 1 is 1.12 bits per heavy atom. The lowest BCUT2D eigenvalue weighted by atomic mass is 9.65. The molecule has 0 bridgehead atoms. The third kappa shape index (κ3) is 3.03. The first kappa shape index (κ1) is 23.0. The maximum atomic E-state index is 14.1. The van der Waals surface area contributed by atoms with E-state index >= 15 is 0 Å². The highest BCUT2D eigenvalue weighted by molar-refractivity contribution is 8.00. The molecule has 1 heterocycles. The number of Topliss-reactive ketones (excluding diaryl/α,β-unsaturated/α-hetero) is 1. The number of hydrogen-bond donors (Lipinski definition) is 1. The summed E-state index contributed by atoms with van der Waals surface area (Å²) in [5.41, 5.74) is -2.23. The average Bonchev–Trinajstić information content (AvgIpc) is 3.13. The van der Waals surface area contributed by atoms with E-state index in [9.17, 15) is 14.7 Å². The molecular formula is C26H29ClO5S. The molecule has 1 aromatic rings. The van der Waals surface area contributed by atoms with E-state index in [1.54, 1.807) is 18.9 Å². The number of aliphatic hydroxyl groups excluding tert-OH is 1. The summed E-state index contributed by atoms with van der Waals surface area (Å²) in [7, 11) is 1.55. The average molecular weight is 489 g/mol. The highest BCUT2D eigenvalue weighted by Crippen LogP contribution is 2.68. The van der Waals surface area contributed by atoms with Crippen molar-refractivity contribution in [2.45, 2.75) is 55.0 Å². The van der Waals surface area contributed by atoms with Crippen LogP contribution in [0.3, 0.4) is 0 Å². The molecule has 0 amide bonds. The molecule has 1 aliphatic heterocycles. The van der Waals surface area contributed by atoms with Crippen molar-refractivity contribution in [3.63, 3.8) is 0 Å². The maximum absolute atomic E-state index is 14.1. The van der Waals surface area contributed by atoms with Gasteiger partial charge in [0.15, 0.2) is 11.2 Å². The first-order valence-corrected chi connectivity index (χ1v) is 12.8. The molecule has 5 nitrogen and oxygen atoms in total. The van der Waals surface area contributed by atoms with Crippen molar-refractivity contribution in [2.24, 2.45) is 29.6 Å². The number of hydrogen-bond acceptors (Lipinski definition) is 6.